The van der Waals surface area contributed by atoms with E-state index in [0.717, 1.165) is 22.7 Å². The molecule has 0 amide bonds. The Morgan fingerprint density at radius 3 is 2.40 bits per heavy atom. The van der Waals surface area contributed by atoms with Gasteiger partial charge in [-0.05, 0) is 48.5 Å². The van der Waals surface area contributed by atoms with Gasteiger partial charge in [-0.1, -0.05) is 11.6 Å². The van der Waals surface area contributed by atoms with Crippen LogP contribution in [0.4, 0.5) is 0 Å². The van der Waals surface area contributed by atoms with Gasteiger partial charge < -0.3 is 14.6 Å². The second-order valence-electron chi connectivity index (χ2n) is 6.27. The number of benzene rings is 2. The highest BCUT2D eigenvalue weighted by Gasteiger charge is 2.12. The summed E-state index contributed by atoms with van der Waals surface area (Å²) in [5.41, 5.74) is 2.54. The monoisotopic (exact) mass is 451 g/mol. The van der Waals surface area contributed by atoms with Gasteiger partial charge in [-0.15, -0.1) is 0 Å². The van der Waals surface area contributed by atoms with Crippen LogP contribution in [0.3, 0.4) is 0 Å². The molecule has 0 bridgehead atoms. The summed E-state index contributed by atoms with van der Waals surface area (Å²) in [6, 6.07) is 16.6. The van der Waals surface area contributed by atoms with Crippen LogP contribution in [0.2, 0.25) is 5.15 Å². The van der Waals surface area contributed by atoms with Crippen molar-refractivity contribution in [3.05, 3.63) is 59.8 Å². The van der Waals surface area contributed by atoms with E-state index in [1.54, 1.807) is 30.0 Å². The summed E-state index contributed by atoms with van der Waals surface area (Å²) in [7, 11) is -1.86. The van der Waals surface area contributed by atoms with Gasteiger partial charge in [0.05, 0.1) is 30.9 Å². The number of aliphatic hydroxyl groups excluding tert-OH is 1. The maximum Gasteiger partial charge on any atom is 0.213 e. The highest BCUT2D eigenvalue weighted by Crippen LogP contribution is 2.28. The normalized spacial score (nSPS) is 11.4. The SMILES string of the molecule is COc1ccc(-n2nc(Cl)cc2-c2ccc(OCCNS(=O)(=O)CCO)cc2)cc1. The van der Waals surface area contributed by atoms with Crippen molar-refractivity contribution in [3.63, 3.8) is 0 Å². The van der Waals surface area contributed by atoms with Gasteiger partial charge in [0, 0.05) is 18.2 Å². The Morgan fingerprint density at radius 1 is 1.10 bits per heavy atom. The van der Waals surface area contributed by atoms with Gasteiger partial charge in [-0.25, -0.2) is 17.8 Å². The van der Waals surface area contributed by atoms with Crippen molar-refractivity contribution >= 4 is 21.6 Å². The lowest BCUT2D eigenvalue weighted by Gasteiger charge is -2.10. The molecule has 0 fully saturated rings. The fourth-order valence-corrected chi connectivity index (χ4v) is 3.72. The molecule has 0 saturated carbocycles. The Morgan fingerprint density at radius 2 is 1.77 bits per heavy atom. The first kappa shape index (κ1) is 22.1. The molecule has 0 saturated heterocycles. The molecule has 1 heterocycles. The molecule has 3 rings (SSSR count). The number of nitrogens with zero attached hydrogens (tertiary/aromatic N) is 2. The van der Waals surface area contributed by atoms with Gasteiger partial charge in [0.15, 0.2) is 5.15 Å². The van der Waals surface area contributed by atoms with Crippen LogP contribution in [0.25, 0.3) is 16.9 Å². The van der Waals surface area contributed by atoms with Gasteiger partial charge in [-0.2, -0.15) is 5.10 Å². The third-order valence-corrected chi connectivity index (χ3v) is 5.75. The number of hydrogen-bond acceptors (Lipinski definition) is 6. The first-order chi connectivity index (χ1) is 14.4. The molecule has 10 heteroatoms. The molecule has 160 valence electrons. The number of sulfonamides is 1. The Labute approximate surface area is 180 Å². The Balaban J connectivity index is 1.68. The molecule has 2 aromatic carbocycles. The van der Waals surface area contributed by atoms with Crippen molar-refractivity contribution in [1.29, 1.82) is 0 Å². The number of hydrogen-bond donors (Lipinski definition) is 2. The molecule has 0 aliphatic heterocycles. The van der Waals surface area contributed by atoms with Crippen LogP contribution in [-0.2, 0) is 10.0 Å². The van der Waals surface area contributed by atoms with Gasteiger partial charge in [0.2, 0.25) is 10.0 Å². The lowest BCUT2D eigenvalue weighted by molar-refractivity contribution is 0.315. The van der Waals surface area contributed by atoms with Crippen LogP contribution in [0, 0.1) is 0 Å². The largest absolute Gasteiger partial charge is 0.497 e. The molecule has 8 nitrogen and oxygen atoms in total. The number of methoxy groups -OCH3 is 1. The summed E-state index contributed by atoms with van der Waals surface area (Å²) >= 11 is 6.15. The van der Waals surface area contributed by atoms with Gasteiger partial charge in [0.25, 0.3) is 0 Å². The third kappa shape index (κ3) is 5.73. The fourth-order valence-electron chi connectivity index (χ4n) is 2.76. The lowest BCUT2D eigenvalue weighted by atomic mass is 10.1. The molecule has 30 heavy (non-hydrogen) atoms. The van der Waals surface area contributed by atoms with Crippen LogP contribution in [0.15, 0.2) is 54.6 Å². The maximum absolute atomic E-state index is 11.5. The lowest BCUT2D eigenvalue weighted by Crippen LogP contribution is -2.31. The average Bonchev–Trinajstić information content (AvgIpc) is 3.13. The highest BCUT2D eigenvalue weighted by atomic mass is 35.5. The van der Waals surface area contributed by atoms with Crippen LogP contribution in [0.5, 0.6) is 11.5 Å². The third-order valence-electron chi connectivity index (χ3n) is 4.20. The van der Waals surface area contributed by atoms with E-state index in [0.29, 0.717) is 10.9 Å². The number of rotatable bonds is 10. The number of halogens is 1. The summed E-state index contributed by atoms with van der Waals surface area (Å²) in [4.78, 5) is 0. The van der Waals surface area contributed by atoms with Crippen molar-refractivity contribution in [2.24, 2.45) is 0 Å². The maximum atomic E-state index is 11.5. The van der Waals surface area contributed by atoms with E-state index in [1.807, 2.05) is 36.4 Å². The van der Waals surface area contributed by atoms with Crippen molar-refractivity contribution < 1.29 is 23.0 Å². The minimum absolute atomic E-state index is 0.115. The van der Waals surface area contributed by atoms with E-state index < -0.39 is 16.6 Å². The zero-order valence-corrected chi connectivity index (χ0v) is 17.9. The van der Waals surface area contributed by atoms with Crippen LogP contribution >= 0.6 is 11.6 Å². The molecule has 3 aromatic rings. The predicted octanol–water partition coefficient (Wildman–Crippen LogP) is 2.49. The molecule has 0 radical (unpaired) electrons. The minimum atomic E-state index is -3.47. The van der Waals surface area contributed by atoms with E-state index in [2.05, 4.69) is 9.82 Å². The van der Waals surface area contributed by atoms with Crippen LogP contribution in [0.1, 0.15) is 0 Å². The average molecular weight is 452 g/mol. The van der Waals surface area contributed by atoms with Crippen molar-refractivity contribution in [2.45, 2.75) is 0 Å². The number of nitrogens with one attached hydrogen (secondary N) is 1. The van der Waals surface area contributed by atoms with Gasteiger partial charge >= 0.3 is 0 Å². The number of aromatic nitrogens is 2. The van der Waals surface area contributed by atoms with E-state index in [9.17, 15) is 8.42 Å². The summed E-state index contributed by atoms with van der Waals surface area (Å²) in [6.07, 6.45) is 0. The second-order valence-corrected chi connectivity index (χ2v) is 8.59. The molecule has 0 spiro atoms. The zero-order chi connectivity index (χ0) is 21.6. The standard InChI is InChI=1S/C20H22ClN3O5S/c1-28-17-8-4-16(5-9-17)24-19(14-20(21)23-24)15-2-6-18(7-3-15)29-12-10-22-30(26,27)13-11-25/h2-9,14,22,25H,10-13H2,1H3. The molecule has 1 aromatic heterocycles. The number of ether oxygens (including phenoxy) is 2. The Hall–Kier alpha value is -2.59. The van der Waals surface area contributed by atoms with Crippen molar-refractivity contribution in [1.82, 2.24) is 14.5 Å². The predicted molar refractivity (Wildman–Crippen MR) is 115 cm³/mol. The highest BCUT2D eigenvalue weighted by molar-refractivity contribution is 7.89. The molecule has 0 unspecified atom stereocenters. The van der Waals surface area contributed by atoms with Gasteiger partial charge in [-0.3, -0.25) is 0 Å². The second kappa shape index (κ2) is 9.94. The van der Waals surface area contributed by atoms with E-state index in [-0.39, 0.29) is 18.9 Å². The molecular weight excluding hydrogens is 430 g/mol. The Kier molecular flexibility index (Phi) is 7.33. The first-order valence-corrected chi connectivity index (χ1v) is 11.2. The molecule has 0 atom stereocenters. The fraction of sp³-hybridized carbons (Fsp3) is 0.250. The van der Waals surface area contributed by atoms with Crippen LogP contribution < -0.4 is 14.2 Å². The van der Waals surface area contributed by atoms with E-state index >= 15 is 0 Å². The number of aliphatic hydroxyl groups is 1. The first-order valence-electron chi connectivity index (χ1n) is 9.13. The summed E-state index contributed by atoms with van der Waals surface area (Å²) in [5, 5.41) is 13.4. The summed E-state index contributed by atoms with van der Waals surface area (Å²) in [5.74, 6) is 1.02. The Bertz CT molecular complexity index is 1070. The molecule has 2 N–H and O–H groups in total. The summed E-state index contributed by atoms with van der Waals surface area (Å²) in [6.45, 7) is -0.141. The summed E-state index contributed by atoms with van der Waals surface area (Å²) < 4.78 is 37.8. The van der Waals surface area contributed by atoms with Crippen LogP contribution in [-0.4, -0.2) is 55.9 Å². The van der Waals surface area contributed by atoms with E-state index in [4.69, 9.17) is 26.2 Å². The van der Waals surface area contributed by atoms with Crippen molar-refractivity contribution in [2.75, 3.05) is 32.6 Å². The molecule has 0 aliphatic rings. The topological polar surface area (TPSA) is 103 Å². The quantitative estimate of drug-likeness (QED) is 0.459. The van der Waals surface area contributed by atoms with E-state index in [1.165, 1.54) is 0 Å². The molecule has 0 aliphatic carbocycles. The smallest absolute Gasteiger partial charge is 0.213 e. The zero-order valence-electron chi connectivity index (χ0n) is 16.3. The van der Waals surface area contributed by atoms with Gasteiger partial charge in [0.1, 0.15) is 18.1 Å². The minimum Gasteiger partial charge on any atom is -0.497 e. The molecular formula is C20H22ClN3O5S. The van der Waals surface area contributed by atoms with Crippen molar-refractivity contribution in [3.8, 4) is 28.4 Å².